The van der Waals surface area contributed by atoms with E-state index in [0.29, 0.717) is 10.4 Å². The van der Waals surface area contributed by atoms with Gasteiger partial charge in [-0.15, -0.1) is 0 Å². The first-order valence-electron chi connectivity index (χ1n) is 5.90. The zero-order valence-corrected chi connectivity index (χ0v) is 12.9. The van der Waals surface area contributed by atoms with Crippen LogP contribution < -0.4 is 5.32 Å². The molecule has 2 heterocycles. The molecule has 0 aromatic carbocycles. The molecule has 1 atom stereocenters. The maximum absolute atomic E-state index is 12.5. The van der Waals surface area contributed by atoms with Crippen LogP contribution in [0.5, 0.6) is 0 Å². The van der Waals surface area contributed by atoms with Crippen molar-refractivity contribution in [2.75, 3.05) is 0 Å². The molecule has 3 amide bonds. The molecule has 0 spiro atoms. The van der Waals surface area contributed by atoms with Crippen LogP contribution in [0.3, 0.4) is 0 Å². The van der Waals surface area contributed by atoms with Gasteiger partial charge in [0.2, 0.25) is 0 Å². The van der Waals surface area contributed by atoms with Crippen LogP contribution >= 0.6 is 15.9 Å². The number of hydrogen-bond acceptors (Lipinski definition) is 4. The molecular weight excluding hydrogens is 314 g/mol. The number of imide groups is 1. The van der Waals surface area contributed by atoms with Gasteiger partial charge in [-0.1, -0.05) is 25.9 Å². The number of nitrogens with zero attached hydrogens (tertiary/aromatic N) is 2. The molecule has 1 fully saturated rings. The summed E-state index contributed by atoms with van der Waals surface area (Å²) in [6, 6.07) is 1.22. The Labute approximate surface area is 119 Å². The Hall–Kier alpha value is -1.37. The van der Waals surface area contributed by atoms with Crippen molar-refractivity contribution in [2.24, 2.45) is 5.41 Å². The van der Waals surface area contributed by atoms with Crippen molar-refractivity contribution in [3.05, 3.63) is 16.4 Å². The lowest BCUT2D eigenvalue weighted by Gasteiger charge is -2.35. The molecule has 19 heavy (non-hydrogen) atoms. The second-order valence-corrected chi connectivity index (χ2v) is 6.62. The highest BCUT2D eigenvalue weighted by atomic mass is 79.9. The standard InChI is InChI=1S/C12H16BrN3O3/c1-11(2,3)12(4)9(17)16(10(18)14-12)6-7-5-8(13)15-19-7/h5H,6H2,1-4H3,(H,14,18). The van der Waals surface area contributed by atoms with Crippen LogP contribution in [-0.4, -0.2) is 27.5 Å². The maximum atomic E-state index is 12.5. The normalized spacial score (nSPS) is 23.9. The Kier molecular flexibility index (Phi) is 3.20. The largest absolute Gasteiger partial charge is 0.358 e. The Morgan fingerprint density at radius 2 is 2.11 bits per heavy atom. The number of nitrogens with one attached hydrogen (secondary N) is 1. The third-order valence-corrected chi connectivity index (χ3v) is 3.99. The molecule has 7 heteroatoms. The SMILES string of the molecule is CC(C)(C)C1(C)NC(=O)N(Cc2cc(Br)no2)C1=O. The average molecular weight is 330 g/mol. The first-order valence-corrected chi connectivity index (χ1v) is 6.69. The summed E-state index contributed by atoms with van der Waals surface area (Å²) in [6.07, 6.45) is 0. The maximum Gasteiger partial charge on any atom is 0.325 e. The molecule has 2 rings (SSSR count). The van der Waals surface area contributed by atoms with Crippen LogP contribution in [0, 0.1) is 5.41 Å². The van der Waals surface area contributed by atoms with Gasteiger partial charge in [0, 0.05) is 6.07 Å². The van der Waals surface area contributed by atoms with Crippen molar-refractivity contribution in [3.8, 4) is 0 Å². The van der Waals surface area contributed by atoms with Crippen molar-refractivity contribution >= 4 is 27.9 Å². The van der Waals surface area contributed by atoms with Crippen LogP contribution in [0.2, 0.25) is 0 Å². The lowest BCUT2D eigenvalue weighted by Crippen LogP contribution is -2.54. The predicted octanol–water partition coefficient (Wildman–Crippen LogP) is 2.29. The van der Waals surface area contributed by atoms with Gasteiger partial charge >= 0.3 is 6.03 Å². The van der Waals surface area contributed by atoms with Crippen LogP contribution in [0.4, 0.5) is 4.79 Å². The topological polar surface area (TPSA) is 75.4 Å². The van der Waals surface area contributed by atoms with Crippen LogP contribution in [0.15, 0.2) is 15.2 Å². The van der Waals surface area contributed by atoms with Crippen molar-refractivity contribution in [3.63, 3.8) is 0 Å². The van der Waals surface area contributed by atoms with E-state index < -0.39 is 11.6 Å². The highest BCUT2D eigenvalue weighted by molar-refractivity contribution is 9.10. The van der Waals surface area contributed by atoms with E-state index in [1.54, 1.807) is 13.0 Å². The number of amides is 3. The smallest absolute Gasteiger partial charge is 0.325 e. The van der Waals surface area contributed by atoms with Gasteiger partial charge in [0.05, 0.1) is 6.54 Å². The molecule has 1 saturated heterocycles. The summed E-state index contributed by atoms with van der Waals surface area (Å²) in [4.78, 5) is 25.6. The van der Waals surface area contributed by atoms with E-state index >= 15 is 0 Å². The van der Waals surface area contributed by atoms with Crippen molar-refractivity contribution in [2.45, 2.75) is 39.8 Å². The number of urea groups is 1. The van der Waals surface area contributed by atoms with Gasteiger partial charge < -0.3 is 9.84 Å². The zero-order valence-electron chi connectivity index (χ0n) is 11.3. The Morgan fingerprint density at radius 3 is 2.53 bits per heavy atom. The Bertz CT molecular complexity index is 535. The summed E-state index contributed by atoms with van der Waals surface area (Å²) in [7, 11) is 0. The molecule has 0 bridgehead atoms. The number of rotatable bonds is 2. The first-order chi connectivity index (χ1) is 8.65. The zero-order chi connectivity index (χ0) is 14.4. The first kappa shape index (κ1) is 14.0. The number of aromatic nitrogens is 1. The molecule has 1 unspecified atom stereocenters. The lowest BCUT2D eigenvalue weighted by molar-refractivity contribution is -0.134. The van der Waals surface area contributed by atoms with Gasteiger partial charge in [-0.2, -0.15) is 0 Å². The highest BCUT2D eigenvalue weighted by Crippen LogP contribution is 2.35. The fourth-order valence-electron chi connectivity index (χ4n) is 1.87. The summed E-state index contributed by atoms with van der Waals surface area (Å²) >= 11 is 3.16. The minimum Gasteiger partial charge on any atom is -0.358 e. The van der Waals surface area contributed by atoms with Crippen molar-refractivity contribution < 1.29 is 14.1 Å². The summed E-state index contributed by atoms with van der Waals surface area (Å²) in [5, 5.41) is 6.43. The van der Waals surface area contributed by atoms with Gasteiger partial charge in [0.25, 0.3) is 5.91 Å². The molecule has 6 nitrogen and oxygen atoms in total. The lowest BCUT2D eigenvalue weighted by atomic mass is 9.75. The third kappa shape index (κ3) is 2.27. The number of carbonyl (C=O) groups excluding carboxylic acids is 2. The van der Waals surface area contributed by atoms with Gasteiger partial charge in [0.15, 0.2) is 5.76 Å². The fourth-order valence-corrected chi connectivity index (χ4v) is 2.19. The number of halogens is 1. The Morgan fingerprint density at radius 1 is 1.47 bits per heavy atom. The summed E-state index contributed by atoms with van der Waals surface area (Å²) in [6.45, 7) is 7.57. The average Bonchev–Trinajstić information content (AvgIpc) is 2.76. The summed E-state index contributed by atoms with van der Waals surface area (Å²) in [5.41, 5.74) is -1.29. The van der Waals surface area contributed by atoms with E-state index in [2.05, 4.69) is 26.4 Å². The molecular formula is C12H16BrN3O3. The summed E-state index contributed by atoms with van der Waals surface area (Å²) in [5.74, 6) is 0.200. The summed E-state index contributed by atoms with van der Waals surface area (Å²) < 4.78 is 5.54. The van der Waals surface area contributed by atoms with E-state index in [1.165, 1.54) is 0 Å². The second kappa shape index (κ2) is 4.33. The monoisotopic (exact) mass is 329 g/mol. The minimum absolute atomic E-state index is 0.0783. The molecule has 0 saturated carbocycles. The Balaban J connectivity index is 2.24. The van der Waals surface area contributed by atoms with Crippen LogP contribution in [0.1, 0.15) is 33.5 Å². The van der Waals surface area contributed by atoms with Crippen molar-refractivity contribution in [1.29, 1.82) is 0 Å². The van der Waals surface area contributed by atoms with Gasteiger partial charge in [0.1, 0.15) is 10.1 Å². The number of hydrogen-bond donors (Lipinski definition) is 1. The van der Waals surface area contributed by atoms with Crippen LogP contribution in [-0.2, 0) is 11.3 Å². The quantitative estimate of drug-likeness (QED) is 0.844. The molecule has 1 aromatic rings. The molecule has 0 radical (unpaired) electrons. The third-order valence-electron chi connectivity index (χ3n) is 3.62. The molecule has 0 aliphatic carbocycles. The molecule has 1 aromatic heterocycles. The minimum atomic E-state index is -0.915. The molecule has 104 valence electrons. The van der Waals surface area contributed by atoms with E-state index in [0.717, 1.165) is 4.90 Å². The fraction of sp³-hybridized carbons (Fsp3) is 0.583. The molecule has 1 N–H and O–H groups in total. The van der Waals surface area contributed by atoms with Gasteiger partial charge in [-0.05, 0) is 28.3 Å². The van der Waals surface area contributed by atoms with E-state index in [-0.39, 0.29) is 17.9 Å². The van der Waals surface area contributed by atoms with Gasteiger partial charge in [-0.3, -0.25) is 9.69 Å². The van der Waals surface area contributed by atoms with E-state index in [9.17, 15) is 9.59 Å². The van der Waals surface area contributed by atoms with Crippen LogP contribution in [0.25, 0.3) is 0 Å². The predicted molar refractivity (Wildman–Crippen MR) is 71.1 cm³/mol. The highest BCUT2D eigenvalue weighted by Gasteiger charge is 2.54. The molecule has 1 aliphatic heterocycles. The number of carbonyl (C=O) groups is 2. The van der Waals surface area contributed by atoms with Gasteiger partial charge in [-0.25, -0.2) is 4.79 Å². The second-order valence-electron chi connectivity index (χ2n) is 5.81. The molecule has 1 aliphatic rings. The van der Waals surface area contributed by atoms with E-state index in [1.807, 2.05) is 20.8 Å². The van der Waals surface area contributed by atoms with Crippen molar-refractivity contribution in [1.82, 2.24) is 15.4 Å². The van der Waals surface area contributed by atoms with E-state index in [4.69, 9.17) is 4.52 Å².